The molecule has 3 rings (SSSR count). The van der Waals surface area contributed by atoms with Crippen molar-refractivity contribution >= 4 is 16.8 Å². The van der Waals surface area contributed by atoms with E-state index >= 15 is 4.39 Å². The van der Waals surface area contributed by atoms with E-state index in [0.29, 0.717) is 22.3 Å². The number of alkyl halides is 2. The van der Waals surface area contributed by atoms with E-state index in [2.05, 4.69) is 13.5 Å². The highest BCUT2D eigenvalue weighted by Crippen LogP contribution is 2.44. The van der Waals surface area contributed by atoms with Gasteiger partial charge in [0.05, 0.1) is 0 Å². The van der Waals surface area contributed by atoms with Gasteiger partial charge in [0.2, 0.25) is 0 Å². The maximum absolute atomic E-state index is 15.4. The molecule has 2 aromatic carbocycles. The molecule has 0 amide bonds. The van der Waals surface area contributed by atoms with Crippen LogP contribution in [-0.2, 0) is 0 Å². The standard InChI is InChI=1S/C24H29F3O/c1-3-5-6-7-17-8-11-18(12-9-17)22-21(28-24(26)27)15-19-14-16(4-2)10-13-20(19)23(22)25/h4,10,13-15,17-18,24H,2-3,5-9,11-12H2,1H3. The van der Waals surface area contributed by atoms with Crippen LogP contribution in [0.15, 0.2) is 30.8 Å². The fourth-order valence-electron chi connectivity index (χ4n) is 4.50. The first-order chi connectivity index (χ1) is 13.5. The monoisotopic (exact) mass is 390 g/mol. The van der Waals surface area contributed by atoms with Crippen LogP contribution in [0.25, 0.3) is 16.8 Å². The number of hydrogen-bond acceptors (Lipinski definition) is 1. The van der Waals surface area contributed by atoms with Crippen molar-refractivity contribution < 1.29 is 17.9 Å². The fraction of sp³-hybridized carbons (Fsp3) is 0.500. The zero-order chi connectivity index (χ0) is 20.1. The van der Waals surface area contributed by atoms with Crippen molar-refractivity contribution in [3.63, 3.8) is 0 Å². The molecule has 1 nitrogen and oxygen atoms in total. The van der Waals surface area contributed by atoms with Gasteiger partial charge in [0.25, 0.3) is 0 Å². The minimum Gasteiger partial charge on any atom is -0.434 e. The molecule has 1 aliphatic rings. The van der Waals surface area contributed by atoms with Gasteiger partial charge in [0, 0.05) is 10.9 Å². The van der Waals surface area contributed by atoms with Crippen LogP contribution in [0.1, 0.15) is 75.3 Å². The first-order valence-corrected chi connectivity index (χ1v) is 10.4. The lowest BCUT2D eigenvalue weighted by Crippen LogP contribution is -2.16. The van der Waals surface area contributed by atoms with Crippen molar-refractivity contribution in [1.29, 1.82) is 0 Å². The van der Waals surface area contributed by atoms with E-state index in [0.717, 1.165) is 31.2 Å². The van der Waals surface area contributed by atoms with Gasteiger partial charge in [-0.3, -0.25) is 0 Å². The highest BCUT2D eigenvalue weighted by atomic mass is 19.3. The number of unbranched alkanes of at least 4 members (excludes halogenated alkanes) is 2. The van der Waals surface area contributed by atoms with Crippen molar-refractivity contribution in [2.45, 2.75) is 70.8 Å². The smallest absolute Gasteiger partial charge is 0.387 e. The van der Waals surface area contributed by atoms with Crippen molar-refractivity contribution in [1.82, 2.24) is 0 Å². The molecule has 0 unspecified atom stereocenters. The van der Waals surface area contributed by atoms with Gasteiger partial charge >= 0.3 is 6.61 Å². The van der Waals surface area contributed by atoms with E-state index in [1.807, 2.05) is 0 Å². The molecule has 0 atom stereocenters. The second-order valence-corrected chi connectivity index (χ2v) is 7.88. The summed E-state index contributed by atoms with van der Waals surface area (Å²) < 4.78 is 46.2. The first kappa shape index (κ1) is 20.8. The predicted molar refractivity (Wildman–Crippen MR) is 109 cm³/mol. The molecule has 1 aliphatic carbocycles. The number of benzene rings is 2. The summed E-state index contributed by atoms with van der Waals surface area (Å²) in [6.07, 6.45) is 10.3. The van der Waals surface area contributed by atoms with Gasteiger partial charge in [-0.05, 0) is 60.6 Å². The Kier molecular flexibility index (Phi) is 7.03. The predicted octanol–water partition coefficient (Wildman–Crippen LogP) is 8.08. The number of fused-ring (bicyclic) bond motifs is 1. The third-order valence-corrected chi connectivity index (χ3v) is 6.02. The Morgan fingerprint density at radius 3 is 2.54 bits per heavy atom. The summed E-state index contributed by atoms with van der Waals surface area (Å²) in [4.78, 5) is 0. The molecule has 0 radical (unpaired) electrons. The van der Waals surface area contributed by atoms with Crippen molar-refractivity contribution in [2.75, 3.05) is 0 Å². The normalized spacial score (nSPS) is 19.9. The zero-order valence-electron chi connectivity index (χ0n) is 16.5. The number of halogens is 3. The van der Waals surface area contributed by atoms with E-state index in [1.165, 1.54) is 25.7 Å². The van der Waals surface area contributed by atoms with Gasteiger partial charge in [-0.25, -0.2) is 4.39 Å². The molecule has 152 valence electrons. The fourth-order valence-corrected chi connectivity index (χ4v) is 4.50. The second-order valence-electron chi connectivity index (χ2n) is 7.88. The molecule has 0 aromatic heterocycles. The Morgan fingerprint density at radius 2 is 1.89 bits per heavy atom. The molecule has 0 spiro atoms. The van der Waals surface area contributed by atoms with Gasteiger partial charge in [-0.15, -0.1) is 0 Å². The number of rotatable bonds is 8. The van der Waals surface area contributed by atoms with Crippen LogP contribution in [0.2, 0.25) is 0 Å². The Bertz CT molecular complexity index is 807. The molecule has 0 bridgehead atoms. The minimum absolute atomic E-state index is 0.0179. The summed E-state index contributed by atoms with van der Waals surface area (Å²) in [5.41, 5.74) is 1.14. The van der Waals surface area contributed by atoms with Crippen LogP contribution in [0.5, 0.6) is 5.75 Å². The summed E-state index contributed by atoms with van der Waals surface area (Å²) in [5, 5.41) is 1.01. The number of hydrogen-bond donors (Lipinski definition) is 0. The van der Waals surface area contributed by atoms with E-state index in [1.54, 1.807) is 30.3 Å². The maximum atomic E-state index is 15.4. The second kappa shape index (κ2) is 9.49. The lowest BCUT2D eigenvalue weighted by atomic mass is 9.76. The van der Waals surface area contributed by atoms with Crippen LogP contribution in [-0.4, -0.2) is 6.61 Å². The Labute approximate surface area is 165 Å². The van der Waals surface area contributed by atoms with Crippen LogP contribution in [0, 0.1) is 11.7 Å². The van der Waals surface area contributed by atoms with Crippen LogP contribution in [0.3, 0.4) is 0 Å². The lowest BCUT2D eigenvalue weighted by Gasteiger charge is -2.30. The largest absolute Gasteiger partial charge is 0.434 e. The quantitative estimate of drug-likeness (QED) is 0.414. The number of ether oxygens (including phenoxy) is 1. The van der Waals surface area contributed by atoms with E-state index < -0.39 is 12.4 Å². The Balaban J connectivity index is 1.89. The van der Waals surface area contributed by atoms with Crippen molar-refractivity contribution in [3.8, 4) is 5.75 Å². The topological polar surface area (TPSA) is 9.23 Å². The lowest BCUT2D eigenvalue weighted by molar-refractivity contribution is -0.0508. The van der Waals surface area contributed by atoms with Crippen LogP contribution in [0.4, 0.5) is 13.2 Å². The first-order valence-electron chi connectivity index (χ1n) is 10.4. The van der Waals surface area contributed by atoms with E-state index in [9.17, 15) is 8.78 Å². The summed E-state index contributed by atoms with van der Waals surface area (Å²) in [5.74, 6) is 0.162. The average Bonchev–Trinajstić information content (AvgIpc) is 2.68. The summed E-state index contributed by atoms with van der Waals surface area (Å²) in [6, 6.07) is 6.80. The summed E-state index contributed by atoms with van der Waals surface area (Å²) in [6.45, 7) is 2.94. The van der Waals surface area contributed by atoms with Gasteiger partial charge in [0.1, 0.15) is 11.6 Å². The molecular weight excluding hydrogens is 361 g/mol. The van der Waals surface area contributed by atoms with Gasteiger partial charge in [-0.2, -0.15) is 8.78 Å². The van der Waals surface area contributed by atoms with Crippen molar-refractivity contribution in [3.05, 3.63) is 47.8 Å². The summed E-state index contributed by atoms with van der Waals surface area (Å²) in [7, 11) is 0. The molecule has 0 heterocycles. The Morgan fingerprint density at radius 1 is 1.14 bits per heavy atom. The van der Waals surface area contributed by atoms with E-state index in [-0.39, 0.29) is 11.7 Å². The molecule has 1 saturated carbocycles. The van der Waals surface area contributed by atoms with Crippen LogP contribution < -0.4 is 4.74 Å². The van der Waals surface area contributed by atoms with Gasteiger partial charge in [0.15, 0.2) is 0 Å². The SMILES string of the molecule is C=Cc1ccc2c(F)c(C3CCC(CCCCC)CC3)c(OC(F)F)cc2c1. The zero-order valence-corrected chi connectivity index (χ0v) is 16.5. The van der Waals surface area contributed by atoms with Gasteiger partial charge in [-0.1, -0.05) is 57.4 Å². The average molecular weight is 390 g/mol. The third kappa shape index (κ3) is 4.71. The molecular formula is C24H29F3O. The van der Waals surface area contributed by atoms with Crippen LogP contribution >= 0.6 is 0 Å². The molecule has 28 heavy (non-hydrogen) atoms. The molecule has 0 N–H and O–H groups in total. The highest BCUT2D eigenvalue weighted by Gasteiger charge is 2.29. The molecule has 2 aromatic rings. The third-order valence-electron chi connectivity index (χ3n) is 6.02. The van der Waals surface area contributed by atoms with Crippen molar-refractivity contribution in [2.24, 2.45) is 5.92 Å². The molecule has 0 aliphatic heterocycles. The Hall–Kier alpha value is -1.97. The van der Waals surface area contributed by atoms with Gasteiger partial charge < -0.3 is 4.74 Å². The highest BCUT2D eigenvalue weighted by molar-refractivity contribution is 5.88. The molecule has 4 heteroatoms. The minimum atomic E-state index is -2.97. The molecule has 0 saturated heterocycles. The maximum Gasteiger partial charge on any atom is 0.387 e. The summed E-state index contributed by atoms with van der Waals surface area (Å²) >= 11 is 0. The molecule has 1 fully saturated rings. The van der Waals surface area contributed by atoms with E-state index in [4.69, 9.17) is 4.74 Å².